The highest BCUT2D eigenvalue weighted by Crippen LogP contribution is 2.47. The maximum atomic E-state index is 13.3. The maximum absolute atomic E-state index is 13.3. The van der Waals surface area contributed by atoms with E-state index < -0.39 is 23.3 Å². The molecule has 7 heteroatoms. The minimum atomic E-state index is -1.37. The lowest BCUT2D eigenvalue weighted by molar-refractivity contribution is -0.151. The SMILES string of the molecule is CC(=O)NC(=O)[C@]1(C(C)=O)Cc2ccc(N3CCCC3)cc2N2C[C@@H](C)O[C@@H](C)[C@@H]21. The fourth-order valence-electron chi connectivity index (χ4n) is 5.57. The van der Waals surface area contributed by atoms with Crippen LogP contribution in [0.25, 0.3) is 0 Å². The van der Waals surface area contributed by atoms with E-state index in [0.717, 1.165) is 24.3 Å². The van der Waals surface area contributed by atoms with Gasteiger partial charge in [-0.15, -0.1) is 0 Å². The topological polar surface area (TPSA) is 79.0 Å². The van der Waals surface area contributed by atoms with Gasteiger partial charge in [-0.1, -0.05) is 6.07 Å². The molecule has 3 aliphatic rings. The zero-order valence-electron chi connectivity index (χ0n) is 18.2. The Morgan fingerprint density at radius 2 is 1.83 bits per heavy atom. The average Bonchev–Trinajstić information content (AvgIpc) is 3.20. The summed E-state index contributed by atoms with van der Waals surface area (Å²) in [6, 6.07) is 5.87. The molecule has 4 atom stereocenters. The van der Waals surface area contributed by atoms with Crippen molar-refractivity contribution in [2.24, 2.45) is 5.41 Å². The molecule has 0 bridgehead atoms. The lowest BCUT2D eigenvalue weighted by atomic mass is 9.65. The third-order valence-electron chi connectivity index (χ3n) is 6.83. The summed E-state index contributed by atoms with van der Waals surface area (Å²) in [6.45, 7) is 9.37. The van der Waals surface area contributed by atoms with Gasteiger partial charge in [0.05, 0.1) is 18.2 Å². The minimum Gasteiger partial charge on any atom is -0.372 e. The van der Waals surface area contributed by atoms with Crippen LogP contribution >= 0.6 is 0 Å². The van der Waals surface area contributed by atoms with Crippen LogP contribution in [0.1, 0.15) is 46.1 Å². The van der Waals surface area contributed by atoms with Crippen LogP contribution in [0, 0.1) is 5.41 Å². The van der Waals surface area contributed by atoms with Crippen molar-refractivity contribution in [1.82, 2.24) is 5.32 Å². The fourth-order valence-corrected chi connectivity index (χ4v) is 5.57. The van der Waals surface area contributed by atoms with Crippen molar-refractivity contribution in [3.63, 3.8) is 0 Å². The molecule has 3 heterocycles. The Balaban J connectivity index is 1.84. The summed E-state index contributed by atoms with van der Waals surface area (Å²) in [5.74, 6) is -1.23. The van der Waals surface area contributed by atoms with Gasteiger partial charge in [0.15, 0.2) is 0 Å². The molecular formula is C23H31N3O4. The summed E-state index contributed by atoms with van der Waals surface area (Å²) >= 11 is 0. The van der Waals surface area contributed by atoms with E-state index in [1.807, 2.05) is 19.9 Å². The first-order valence-electron chi connectivity index (χ1n) is 10.9. The van der Waals surface area contributed by atoms with E-state index >= 15 is 0 Å². The molecule has 0 aliphatic carbocycles. The number of nitrogens with zero attached hydrogens (tertiary/aromatic N) is 2. The number of carbonyl (C=O) groups excluding carboxylic acids is 3. The van der Waals surface area contributed by atoms with Crippen LogP contribution in [-0.2, 0) is 25.5 Å². The highest BCUT2D eigenvalue weighted by Gasteiger charge is 2.59. The van der Waals surface area contributed by atoms with Crippen molar-refractivity contribution < 1.29 is 19.1 Å². The normalized spacial score (nSPS) is 30.5. The number of Topliss-reactive ketones (excluding diaryl/α,β-unsaturated/α-hetero) is 1. The number of anilines is 2. The second kappa shape index (κ2) is 7.69. The number of ether oxygens (including phenoxy) is 1. The molecule has 7 nitrogen and oxygen atoms in total. The van der Waals surface area contributed by atoms with Gasteiger partial charge in [0.1, 0.15) is 11.2 Å². The Bertz CT molecular complexity index is 879. The Kier molecular flexibility index (Phi) is 5.34. The van der Waals surface area contributed by atoms with Crippen molar-refractivity contribution in [2.75, 3.05) is 29.4 Å². The van der Waals surface area contributed by atoms with Gasteiger partial charge in [-0.3, -0.25) is 19.7 Å². The van der Waals surface area contributed by atoms with Crippen LogP contribution in [0.4, 0.5) is 11.4 Å². The quantitative estimate of drug-likeness (QED) is 0.765. The molecule has 4 rings (SSSR count). The molecule has 2 amide bonds. The maximum Gasteiger partial charge on any atom is 0.242 e. The number of amides is 2. The summed E-state index contributed by atoms with van der Waals surface area (Å²) in [7, 11) is 0. The van der Waals surface area contributed by atoms with Gasteiger partial charge in [0.2, 0.25) is 11.8 Å². The first kappa shape index (κ1) is 20.8. The third-order valence-corrected chi connectivity index (χ3v) is 6.83. The Morgan fingerprint density at radius 3 is 2.47 bits per heavy atom. The van der Waals surface area contributed by atoms with Gasteiger partial charge >= 0.3 is 0 Å². The summed E-state index contributed by atoms with van der Waals surface area (Å²) < 4.78 is 6.09. The van der Waals surface area contributed by atoms with E-state index in [1.165, 1.54) is 32.4 Å². The molecule has 1 aromatic rings. The summed E-state index contributed by atoms with van der Waals surface area (Å²) in [6.07, 6.45) is 2.30. The van der Waals surface area contributed by atoms with E-state index in [2.05, 4.69) is 27.2 Å². The van der Waals surface area contributed by atoms with Crippen molar-refractivity contribution in [3.8, 4) is 0 Å². The van der Waals surface area contributed by atoms with Crippen molar-refractivity contribution in [3.05, 3.63) is 23.8 Å². The fraction of sp³-hybridized carbons (Fsp3) is 0.609. The molecule has 2 fully saturated rings. The highest BCUT2D eigenvalue weighted by atomic mass is 16.5. The van der Waals surface area contributed by atoms with Crippen molar-refractivity contribution in [1.29, 1.82) is 0 Å². The molecule has 1 N–H and O–H groups in total. The van der Waals surface area contributed by atoms with E-state index in [4.69, 9.17) is 4.74 Å². The van der Waals surface area contributed by atoms with Gasteiger partial charge in [0, 0.05) is 37.9 Å². The van der Waals surface area contributed by atoms with Gasteiger partial charge in [-0.05, 0) is 57.7 Å². The lowest BCUT2D eigenvalue weighted by Gasteiger charge is -2.55. The van der Waals surface area contributed by atoms with Crippen LogP contribution in [0.15, 0.2) is 18.2 Å². The van der Waals surface area contributed by atoms with Crippen LogP contribution in [-0.4, -0.2) is 55.5 Å². The van der Waals surface area contributed by atoms with Crippen LogP contribution in [0.2, 0.25) is 0 Å². The zero-order chi connectivity index (χ0) is 21.6. The van der Waals surface area contributed by atoms with E-state index in [-0.39, 0.29) is 24.4 Å². The standard InChI is InChI=1S/C23H31N3O4/c1-14-13-26-20-11-19(25-9-5-6-10-25)8-7-18(20)12-23(16(3)27,21(26)15(2)30-14)22(29)24-17(4)28/h7-8,11,14-15,21H,5-6,9-10,12-13H2,1-4H3,(H,24,28,29)/t14-,15+,21-,23+/m1/s1. The molecule has 0 saturated carbocycles. The average molecular weight is 414 g/mol. The predicted molar refractivity (Wildman–Crippen MR) is 115 cm³/mol. The summed E-state index contributed by atoms with van der Waals surface area (Å²) in [5, 5.41) is 2.40. The number of imide groups is 1. The number of rotatable bonds is 3. The number of nitrogens with one attached hydrogen (secondary N) is 1. The number of hydrogen-bond donors (Lipinski definition) is 1. The molecule has 30 heavy (non-hydrogen) atoms. The van der Waals surface area contributed by atoms with Gasteiger partial charge < -0.3 is 14.5 Å². The van der Waals surface area contributed by atoms with Gasteiger partial charge in [-0.25, -0.2) is 0 Å². The minimum absolute atomic E-state index is 0.0295. The van der Waals surface area contributed by atoms with Gasteiger partial charge in [-0.2, -0.15) is 0 Å². The van der Waals surface area contributed by atoms with Crippen molar-refractivity contribution in [2.45, 2.75) is 65.2 Å². The largest absolute Gasteiger partial charge is 0.372 e. The first-order chi connectivity index (χ1) is 14.2. The molecule has 1 aromatic carbocycles. The van der Waals surface area contributed by atoms with Crippen molar-refractivity contribution >= 4 is 29.0 Å². The number of fused-ring (bicyclic) bond motifs is 3. The molecule has 3 aliphatic heterocycles. The zero-order valence-corrected chi connectivity index (χ0v) is 18.2. The molecule has 0 unspecified atom stereocenters. The molecule has 0 spiro atoms. The second-order valence-corrected chi connectivity index (χ2v) is 8.97. The Hall–Kier alpha value is -2.41. The Morgan fingerprint density at radius 1 is 1.13 bits per heavy atom. The van der Waals surface area contributed by atoms with Crippen LogP contribution in [0.3, 0.4) is 0 Å². The Labute approximate surface area is 177 Å². The molecule has 2 saturated heterocycles. The van der Waals surface area contributed by atoms with Gasteiger partial charge in [0.25, 0.3) is 0 Å². The summed E-state index contributed by atoms with van der Waals surface area (Å²) in [4.78, 5) is 42.6. The third kappa shape index (κ3) is 3.29. The molecule has 0 aromatic heterocycles. The number of carbonyl (C=O) groups is 3. The van der Waals surface area contributed by atoms with Crippen LogP contribution in [0.5, 0.6) is 0 Å². The molecular weight excluding hydrogens is 382 g/mol. The number of morpholine rings is 1. The first-order valence-corrected chi connectivity index (χ1v) is 10.9. The highest BCUT2D eigenvalue weighted by molar-refractivity contribution is 6.11. The lowest BCUT2D eigenvalue weighted by Crippen LogP contribution is -2.69. The van der Waals surface area contributed by atoms with E-state index in [9.17, 15) is 14.4 Å². The molecule has 162 valence electrons. The van der Waals surface area contributed by atoms with E-state index in [1.54, 1.807) is 0 Å². The number of benzene rings is 1. The van der Waals surface area contributed by atoms with Crippen LogP contribution < -0.4 is 15.1 Å². The predicted octanol–water partition coefficient (Wildman–Crippen LogP) is 2.06. The molecule has 0 radical (unpaired) electrons. The van der Waals surface area contributed by atoms with E-state index in [0.29, 0.717) is 6.54 Å². The second-order valence-electron chi connectivity index (χ2n) is 8.97. The monoisotopic (exact) mass is 413 g/mol. The summed E-state index contributed by atoms with van der Waals surface area (Å²) in [5.41, 5.74) is 1.84. The number of ketones is 1. The number of hydrogen-bond acceptors (Lipinski definition) is 6. The smallest absolute Gasteiger partial charge is 0.242 e.